The van der Waals surface area contributed by atoms with Crippen LogP contribution in [0.5, 0.6) is 23.1 Å². The number of hydrogen-bond acceptors (Lipinski definition) is 5. The highest BCUT2D eigenvalue weighted by atomic mass is 16.5. The van der Waals surface area contributed by atoms with Gasteiger partial charge in [-0.15, -0.1) is 0 Å². The van der Waals surface area contributed by atoms with Crippen molar-refractivity contribution in [1.82, 2.24) is 9.55 Å². The van der Waals surface area contributed by atoms with E-state index in [-0.39, 0.29) is 5.92 Å². The van der Waals surface area contributed by atoms with Crippen LogP contribution in [0, 0.1) is 5.41 Å². The minimum Gasteiger partial charge on any atom is -0.493 e. The number of ether oxygens (including phenoxy) is 3. The molecule has 0 amide bonds. The molecule has 0 aliphatic carbocycles. The average molecular weight is 490 g/mol. The number of benzene rings is 4. The Bertz CT molecular complexity index is 1660. The van der Waals surface area contributed by atoms with Crippen molar-refractivity contribution in [2.45, 2.75) is 18.9 Å². The van der Waals surface area contributed by atoms with Crippen LogP contribution in [0.3, 0.4) is 0 Å². The molecular formula is C31H27N3O3. The molecule has 184 valence electrons. The molecule has 1 aliphatic heterocycles. The van der Waals surface area contributed by atoms with Crippen LogP contribution in [-0.4, -0.2) is 23.8 Å². The largest absolute Gasteiger partial charge is 0.493 e. The molecule has 5 aromatic rings. The van der Waals surface area contributed by atoms with Crippen LogP contribution in [-0.2, 0) is 13.0 Å². The zero-order valence-electron chi connectivity index (χ0n) is 20.8. The summed E-state index contributed by atoms with van der Waals surface area (Å²) in [4.78, 5) is 4.71. The Morgan fingerprint density at radius 1 is 0.892 bits per heavy atom. The summed E-state index contributed by atoms with van der Waals surface area (Å²) in [5.74, 6) is 2.54. The molecule has 0 radical (unpaired) electrons. The highest BCUT2D eigenvalue weighted by molar-refractivity contribution is 5.91. The fourth-order valence-electron chi connectivity index (χ4n) is 5.15. The second-order valence-electron chi connectivity index (χ2n) is 9.10. The van der Waals surface area contributed by atoms with E-state index < -0.39 is 0 Å². The van der Waals surface area contributed by atoms with Crippen molar-refractivity contribution in [3.05, 3.63) is 119 Å². The van der Waals surface area contributed by atoms with Gasteiger partial charge < -0.3 is 18.8 Å². The van der Waals surface area contributed by atoms with Gasteiger partial charge in [-0.2, -0.15) is 0 Å². The van der Waals surface area contributed by atoms with Crippen molar-refractivity contribution in [2.75, 3.05) is 14.2 Å². The van der Waals surface area contributed by atoms with Crippen LogP contribution >= 0.6 is 0 Å². The monoisotopic (exact) mass is 489 g/mol. The molecule has 0 unspecified atom stereocenters. The molecule has 6 nitrogen and oxygen atoms in total. The van der Waals surface area contributed by atoms with E-state index in [0.717, 1.165) is 45.2 Å². The van der Waals surface area contributed by atoms with Crippen LogP contribution in [0.4, 0.5) is 0 Å². The van der Waals surface area contributed by atoms with E-state index in [4.69, 9.17) is 19.2 Å². The second kappa shape index (κ2) is 9.47. The maximum atomic E-state index is 9.22. The van der Waals surface area contributed by atoms with Gasteiger partial charge in [0.05, 0.1) is 19.8 Å². The topological polar surface area (TPSA) is 69.4 Å². The molecule has 0 spiro atoms. The number of nitrogens with one attached hydrogen (secondary N) is 1. The van der Waals surface area contributed by atoms with Gasteiger partial charge in [0.2, 0.25) is 5.88 Å². The Morgan fingerprint density at radius 3 is 2.49 bits per heavy atom. The Balaban J connectivity index is 1.43. The van der Waals surface area contributed by atoms with E-state index in [1.807, 2.05) is 53.1 Å². The van der Waals surface area contributed by atoms with Gasteiger partial charge in [-0.3, -0.25) is 5.41 Å². The quantitative estimate of drug-likeness (QED) is 0.309. The number of aryl methyl sites for hydroxylation is 2. The number of rotatable bonds is 6. The molecule has 1 aliphatic rings. The van der Waals surface area contributed by atoms with Crippen molar-refractivity contribution >= 4 is 10.8 Å². The number of nitrogens with zero attached hydrogens (tertiary/aromatic N) is 2. The zero-order chi connectivity index (χ0) is 25.4. The van der Waals surface area contributed by atoms with Gasteiger partial charge in [0, 0.05) is 23.4 Å². The van der Waals surface area contributed by atoms with Gasteiger partial charge >= 0.3 is 0 Å². The normalized spacial score (nSPS) is 13.9. The minimum absolute atomic E-state index is 0.155. The lowest BCUT2D eigenvalue weighted by molar-refractivity contribution is 0.354. The van der Waals surface area contributed by atoms with Crippen molar-refractivity contribution < 1.29 is 14.2 Å². The molecular weight excluding hydrogens is 462 g/mol. The number of hydrogen-bond donors (Lipinski definition) is 1. The van der Waals surface area contributed by atoms with Crippen LogP contribution in [0.25, 0.3) is 10.8 Å². The second-order valence-corrected chi connectivity index (χ2v) is 9.10. The third-order valence-electron chi connectivity index (χ3n) is 7.02. The Morgan fingerprint density at radius 2 is 1.68 bits per heavy atom. The summed E-state index contributed by atoms with van der Waals surface area (Å²) in [5, 5.41) is 11.4. The van der Waals surface area contributed by atoms with Crippen LogP contribution in [0.1, 0.15) is 28.2 Å². The van der Waals surface area contributed by atoms with E-state index in [2.05, 4.69) is 36.4 Å². The van der Waals surface area contributed by atoms with Gasteiger partial charge in [0.1, 0.15) is 17.6 Å². The smallest absolute Gasteiger partial charge is 0.228 e. The van der Waals surface area contributed by atoms with E-state index >= 15 is 0 Å². The first-order chi connectivity index (χ1) is 18.2. The average Bonchev–Trinajstić information content (AvgIpc) is 2.96. The molecule has 6 rings (SSSR count). The standard InChI is InChI=1S/C31H27N3O3/c1-35-25-15-12-20(18-26(25)36-2)16-17-34-19-33-31-28(30(34)32)27(22-9-4-3-5-10-22)24-14-13-21-8-6-7-11-23(21)29(24)37-31/h3-15,18-19,27,32H,16-17H2,1-2H3/t27-/m0/s1. The van der Waals surface area contributed by atoms with E-state index in [1.165, 1.54) is 0 Å². The zero-order valence-corrected chi connectivity index (χ0v) is 20.8. The molecule has 2 heterocycles. The molecule has 0 saturated heterocycles. The maximum absolute atomic E-state index is 9.22. The lowest BCUT2D eigenvalue weighted by atomic mass is 9.83. The molecule has 1 atom stereocenters. The molecule has 1 aromatic heterocycles. The molecule has 37 heavy (non-hydrogen) atoms. The number of methoxy groups -OCH3 is 2. The first-order valence-electron chi connectivity index (χ1n) is 12.3. The van der Waals surface area contributed by atoms with Crippen LogP contribution < -0.4 is 19.7 Å². The van der Waals surface area contributed by atoms with Crippen LogP contribution in [0.15, 0.2) is 91.3 Å². The maximum Gasteiger partial charge on any atom is 0.228 e. The van der Waals surface area contributed by atoms with Gasteiger partial charge in [-0.1, -0.05) is 72.8 Å². The lowest BCUT2D eigenvalue weighted by Gasteiger charge is -2.29. The Labute approximate surface area is 215 Å². The van der Waals surface area contributed by atoms with Gasteiger partial charge in [-0.05, 0) is 35.1 Å². The molecule has 1 N–H and O–H groups in total. The summed E-state index contributed by atoms with van der Waals surface area (Å²) in [5.41, 5.74) is 4.43. The minimum atomic E-state index is -0.155. The van der Waals surface area contributed by atoms with Crippen molar-refractivity contribution in [3.8, 4) is 23.1 Å². The third-order valence-corrected chi connectivity index (χ3v) is 7.02. The molecule has 4 aromatic carbocycles. The summed E-state index contributed by atoms with van der Waals surface area (Å²) in [7, 11) is 3.27. The fourth-order valence-corrected chi connectivity index (χ4v) is 5.15. The van der Waals surface area contributed by atoms with Crippen molar-refractivity contribution in [3.63, 3.8) is 0 Å². The summed E-state index contributed by atoms with van der Waals surface area (Å²) in [6, 6.07) is 28.7. The number of aromatic nitrogens is 2. The Hall–Kier alpha value is -4.58. The summed E-state index contributed by atoms with van der Waals surface area (Å²) in [6.07, 6.45) is 2.43. The summed E-state index contributed by atoms with van der Waals surface area (Å²) >= 11 is 0. The first-order valence-corrected chi connectivity index (χ1v) is 12.3. The van der Waals surface area contributed by atoms with Crippen molar-refractivity contribution in [1.29, 1.82) is 5.41 Å². The third kappa shape index (κ3) is 4.00. The fraction of sp³-hybridized carbons (Fsp3) is 0.161. The predicted octanol–water partition coefficient (Wildman–Crippen LogP) is 6.06. The molecule has 0 bridgehead atoms. The highest BCUT2D eigenvalue weighted by Gasteiger charge is 2.32. The van der Waals surface area contributed by atoms with Gasteiger partial charge in [0.25, 0.3) is 0 Å². The van der Waals surface area contributed by atoms with E-state index in [0.29, 0.717) is 29.4 Å². The molecule has 6 heteroatoms. The van der Waals surface area contributed by atoms with Crippen molar-refractivity contribution in [2.24, 2.45) is 0 Å². The van der Waals surface area contributed by atoms with E-state index in [1.54, 1.807) is 20.5 Å². The van der Waals surface area contributed by atoms with E-state index in [9.17, 15) is 5.41 Å². The number of fused-ring (bicyclic) bond motifs is 4. The lowest BCUT2D eigenvalue weighted by Crippen LogP contribution is -2.30. The van der Waals surface area contributed by atoms with Gasteiger partial charge in [0.15, 0.2) is 11.5 Å². The molecule has 0 fully saturated rings. The summed E-state index contributed by atoms with van der Waals surface area (Å²) < 4.78 is 19.1. The van der Waals surface area contributed by atoms with Gasteiger partial charge in [-0.25, -0.2) is 4.98 Å². The predicted molar refractivity (Wildman–Crippen MR) is 143 cm³/mol. The molecule has 0 saturated carbocycles. The summed E-state index contributed by atoms with van der Waals surface area (Å²) in [6.45, 7) is 0.598. The first kappa shape index (κ1) is 22.9. The highest BCUT2D eigenvalue weighted by Crippen LogP contribution is 2.47. The Kier molecular flexibility index (Phi) is 5.85. The van der Waals surface area contributed by atoms with Crippen LogP contribution in [0.2, 0.25) is 0 Å². The SMILES string of the molecule is COc1ccc(CCn2cnc3c(c2=N)[C@@H](c2ccccc2)c2ccc4ccccc4c2O3)cc1OC.